The Morgan fingerprint density at radius 3 is 2.37 bits per heavy atom. The van der Waals surface area contributed by atoms with Gasteiger partial charge in [-0.1, -0.05) is 31.4 Å². The molecule has 1 aliphatic carbocycles. The molecule has 3 rings (SSSR count). The molecule has 0 amide bonds. The fourth-order valence-electron chi connectivity index (χ4n) is 4.14. The van der Waals surface area contributed by atoms with Crippen LogP contribution in [0.15, 0.2) is 24.3 Å². The molecule has 0 unspecified atom stereocenters. The second-order valence-electron chi connectivity index (χ2n) is 7.69. The van der Waals surface area contributed by atoms with Crippen molar-refractivity contribution in [2.45, 2.75) is 51.1 Å². The summed E-state index contributed by atoms with van der Waals surface area (Å²) in [7, 11) is 0.0722. The van der Waals surface area contributed by atoms with E-state index in [1.165, 1.54) is 12.0 Å². The predicted octanol–water partition coefficient (Wildman–Crippen LogP) is 2.71. The molecule has 0 spiro atoms. The minimum absolute atomic E-state index is 0.169. The van der Waals surface area contributed by atoms with E-state index < -0.39 is 10.2 Å². The zero-order chi connectivity index (χ0) is 19.3. The molecule has 2 fully saturated rings. The molecule has 1 saturated heterocycles. The molecular formula is C20H33N3O3S. The van der Waals surface area contributed by atoms with Crippen LogP contribution in [-0.2, 0) is 16.8 Å². The van der Waals surface area contributed by atoms with Crippen LogP contribution < -0.4 is 4.74 Å². The van der Waals surface area contributed by atoms with Gasteiger partial charge in [-0.3, -0.25) is 4.90 Å². The van der Waals surface area contributed by atoms with Gasteiger partial charge in [-0.15, -0.1) is 0 Å². The zero-order valence-corrected chi connectivity index (χ0v) is 17.5. The summed E-state index contributed by atoms with van der Waals surface area (Å²) in [5.41, 5.74) is 1.23. The summed E-state index contributed by atoms with van der Waals surface area (Å²) in [6, 6.07) is 8.28. The van der Waals surface area contributed by atoms with Gasteiger partial charge < -0.3 is 4.74 Å². The molecular weight excluding hydrogens is 362 g/mol. The van der Waals surface area contributed by atoms with Crippen molar-refractivity contribution >= 4 is 10.2 Å². The molecule has 0 atom stereocenters. The number of nitrogens with zero attached hydrogens (tertiary/aromatic N) is 3. The molecule has 0 bridgehead atoms. The maximum absolute atomic E-state index is 13.1. The molecule has 1 heterocycles. The number of hydrogen-bond acceptors (Lipinski definition) is 4. The van der Waals surface area contributed by atoms with Gasteiger partial charge in [0.25, 0.3) is 10.2 Å². The van der Waals surface area contributed by atoms with Crippen molar-refractivity contribution in [3.05, 3.63) is 29.8 Å². The minimum Gasteiger partial charge on any atom is -0.497 e. The van der Waals surface area contributed by atoms with Gasteiger partial charge in [-0.25, -0.2) is 0 Å². The summed E-state index contributed by atoms with van der Waals surface area (Å²) in [5, 5.41) is 0. The van der Waals surface area contributed by atoms with Crippen molar-refractivity contribution in [2.75, 3.05) is 40.3 Å². The van der Waals surface area contributed by atoms with E-state index in [0.29, 0.717) is 13.1 Å². The Balaban J connectivity index is 1.58. The minimum atomic E-state index is -3.37. The van der Waals surface area contributed by atoms with Gasteiger partial charge in [0.1, 0.15) is 5.75 Å². The van der Waals surface area contributed by atoms with Crippen LogP contribution in [0.1, 0.15) is 44.1 Å². The van der Waals surface area contributed by atoms with Gasteiger partial charge in [-0.2, -0.15) is 17.0 Å². The third kappa shape index (κ3) is 5.22. The summed E-state index contributed by atoms with van der Waals surface area (Å²) in [6.45, 7) is 3.71. The standard InChI is InChI=1S/C20H33N3O3S/c1-21(19-7-4-3-5-8-19)27(24,25)23-14-6-13-22(15-16-23)17-18-9-11-20(26-2)12-10-18/h9-12,19H,3-8,13-17H2,1-2H3. The van der Waals surface area contributed by atoms with Gasteiger partial charge in [0.15, 0.2) is 0 Å². The van der Waals surface area contributed by atoms with Crippen molar-refractivity contribution in [3.8, 4) is 5.75 Å². The molecule has 27 heavy (non-hydrogen) atoms. The van der Waals surface area contributed by atoms with Gasteiger partial charge in [-0.05, 0) is 43.5 Å². The van der Waals surface area contributed by atoms with Gasteiger partial charge in [0.05, 0.1) is 7.11 Å². The Hall–Kier alpha value is -1.15. The highest BCUT2D eigenvalue weighted by Crippen LogP contribution is 2.25. The molecule has 0 radical (unpaired) electrons. The molecule has 152 valence electrons. The first kappa shape index (κ1) is 20.6. The Morgan fingerprint density at radius 2 is 1.70 bits per heavy atom. The third-order valence-electron chi connectivity index (χ3n) is 5.89. The van der Waals surface area contributed by atoms with E-state index in [1.54, 1.807) is 22.8 Å². The number of hydrogen-bond donors (Lipinski definition) is 0. The van der Waals surface area contributed by atoms with Crippen LogP contribution in [0.4, 0.5) is 0 Å². The summed E-state index contributed by atoms with van der Waals surface area (Å²) in [6.07, 6.45) is 6.36. The van der Waals surface area contributed by atoms with Gasteiger partial charge >= 0.3 is 0 Å². The average Bonchev–Trinajstić information content (AvgIpc) is 2.95. The number of ether oxygens (including phenoxy) is 1. The normalized spacial score (nSPS) is 21.3. The first-order chi connectivity index (χ1) is 13.0. The maximum atomic E-state index is 13.1. The van der Waals surface area contributed by atoms with Crippen molar-refractivity contribution in [2.24, 2.45) is 0 Å². The Bertz CT molecular complexity index is 687. The first-order valence-electron chi connectivity index (χ1n) is 10.1. The van der Waals surface area contributed by atoms with Crippen molar-refractivity contribution < 1.29 is 13.2 Å². The second kappa shape index (κ2) is 9.37. The van der Waals surface area contributed by atoms with Crippen LogP contribution in [0.5, 0.6) is 5.75 Å². The lowest BCUT2D eigenvalue weighted by molar-refractivity contribution is 0.256. The predicted molar refractivity (Wildman–Crippen MR) is 108 cm³/mol. The fraction of sp³-hybridized carbons (Fsp3) is 0.700. The number of benzene rings is 1. The topological polar surface area (TPSA) is 53.1 Å². The summed E-state index contributed by atoms with van der Waals surface area (Å²) in [4.78, 5) is 2.35. The smallest absolute Gasteiger partial charge is 0.282 e. The molecule has 1 aromatic rings. The van der Waals surface area contributed by atoms with Gasteiger partial charge in [0.2, 0.25) is 0 Å². The van der Waals surface area contributed by atoms with E-state index in [2.05, 4.69) is 17.0 Å². The Kier molecular flexibility index (Phi) is 7.14. The Morgan fingerprint density at radius 1 is 1.00 bits per heavy atom. The molecule has 1 aliphatic heterocycles. The van der Waals surface area contributed by atoms with Gasteiger partial charge in [0, 0.05) is 39.3 Å². The molecule has 1 aromatic carbocycles. The van der Waals surface area contributed by atoms with E-state index in [9.17, 15) is 8.42 Å². The third-order valence-corrected chi connectivity index (χ3v) is 7.94. The van der Waals surface area contributed by atoms with E-state index >= 15 is 0 Å². The van der Waals surface area contributed by atoms with E-state index in [-0.39, 0.29) is 6.04 Å². The molecule has 1 saturated carbocycles. The molecule has 0 N–H and O–H groups in total. The van der Waals surface area contributed by atoms with Crippen molar-refractivity contribution in [1.82, 2.24) is 13.5 Å². The highest BCUT2D eigenvalue weighted by molar-refractivity contribution is 7.86. The molecule has 6 nitrogen and oxygen atoms in total. The van der Waals surface area contributed by atoms with Crippen LogP contribution in [0.2, 0.25) is 0 Å². The molecule has 7 heteroatoms. The Labute approximate surface area is 164 Å². The number of methoxy groups -OCH3 is 1. The quantitative estimate of drug-likeness (QED) is 0.743. The second-order valence-corrected chi connectivity index (χ2v) is 9.68. The highest BCUT2D eigenvalue weighted by atomic mass is 32.2. The van der Waals surface area contributed by atoms with Crippen LogP contribution in [0.3, 0.4) is 0 Å². The average molecular weight is 396 g/mol. The zero-order valence-electron chi connectivity index (χ0n) is 16.6. The SMILES string of the molecule is COc1ccc(CN2CCCN(S(=O)(=O)N(C)C3CCCCC3)CC2)cc1. The summed E-state index contributed by atoms with van der Waals surface area (Å²) in [5.74, 6) is 0.859. The van der Waals surface area contributed by atoms with Crippen molar-refractivity contribution in [3.63, 3.8) is 0 Å². The number of rotatable bonds is 6. The summed E-state index contributed by atoms with van der Waals surface area (Å²) < 4.78 is 34.7. The van der Waals surface area contributed by atoms with E-state index in [0.717, 1.165) is 57.5 Å². The molecule has 2 aliphatic rings. The van der Waals surface area contributed by atoms with Crippen LogP contribution in [0.25, 0.3) is 0 Å². The van der Waals surface area contributed by atoms with E-state index in [1.807, 2.05) is 12.1 Å². The molecule has 0 aromatic heterocycles. The largest absolute Gasteiger partial charge is 0.497 e. The lowest BCUT2D eigenvalue weighted by atomic mass is 9.96. The monoisotopic (exact) mass is 395 g/mol. The highest BCUT2D eigenvalue weighted by Gasteiger charge is 2.33. The lowest BCUT2D eigenvalue weighted by Crippen LogP contribution is -2.48. The fourth-order valence-corrected chi connectivity index (χ4v) is 5.76. The van der Waals surface area contributed by atoms with Crippen LogP contribution >= 0.6 is 0 Å². The summed E-state index contributed by atoms with van der Waals surface area (Å²) >= 11 is 0. The maximum Gasteiger partial charge on any atom is 0.282 e. The first-order valence-corrected chi connectivity index (χ1v) is 11.5. The van der Waals surface area contributed by atoms with E-state index in [4.69, 9.17) is 4.74 Å². The van der Waals surface area contributed by atoms with Crippen molar-refractivity contribution in [1.29, 1.82) is 0 Å². The van der Waals surface area contributed by atoms with Crippen LogP contribution in [-0.4, -0.2) is 68.3 Å². The van der Waals surface area contributed by atoms with Crippen LogP contribution in [0, 0.1) is 0 Å². The lowest BCUT2D eigenvalue weighted by Gasteiger charge is -2.34.